The highest BCUT2D eigenvalue weighted by Gasteiger charge is 2.26. The minimum atomic E-state index is -0.120. The molecule has 4 heterocycles. The second kappa shape index (κ2) is 13.3. The van der Waals surface area contributed by atoms with Crippen molar-refractivity contribution in [2.24, 2.45) is 5.41 Å². The highest BCUT2D eigenvalue weighted by atomic mass is 32.1. The summed E-state index contributed by atoms with van der Waals surface area (Å²) in [6.07, 6.45) is 0.958. The van der Waals surface area contributed by atoms with Crippen molar-refractivity contribution < 1.29 is 4.42 Å². The Bertz CT molecular complexity index is 3000. The van der Waals surface area contributed by atoms with Crippen molar-refractivity contribution in [3.05, 3.63) is 138 Å². The van der Waals surface area contributed by atoms with E-state index in [1.54, 1.807) is 0 Å². The Morgan fingerprint density at radius 1 is 0.632 bits per heavy atom. The van der Waals surface area contributed by atoms with Crippen molar-refractivity contribution in [3.8, 4) is 11.3 Å². The number of hydrogen-bond acceptors (Lipinski definition) is 5. The molecule has 5 aromatic carbocycles. The normalized spacial score (nSPS) is 12.8. The van der Waals surface area contributed by atoms with Crippen LogP contribution >= 0.6 is 11.3 Å². The lowest BCUT2D eigenvalue weighted by Crippen LogP contribution is -2.17. The first-order chi connectivity index (χ1) is 27.0. The lowest BCUT2D eigenvalue weighted by Gasteiger charge is -2.28. The van der Waals surface area contributed by atoms with Crippen LogP contribution in [0, 0.1) is 12.3 Å². The molecule has 0 N–H and O–H groups in total. The zero-order valence-corrected chi connectivity index (χ0v) is 35.7. The second-order valence-electron chi connectivity index (χ2n) is 19.1. The Hall–Kier alpha value is -5.52. The van der Waals surface area contributed by atoms with Crippen LogP contribution in [0.15, 0.2) is 120 Å². The van der Waals surface area contributed by atoms with E-state index in [4.69, 9.17) is 14.4 Å². The van der Waals surface area contributed by atoms with Gasteiger partial charge in [0.15, 0.2) is 0 Å². The zero-order chi connectivity index (χ0) is 40.0. The fourth-order valence-corrected chi connectivity index (χ4v) is 9.43. The first-order valence-corrected chi connectivity index (χ1v) is 20.9. The van der Waals surface area contributed by atoms with Gasteiger partial charge in [-0.05, 0) is 112 Å². The van der Waals surface area contributed by atoms with Gasteiger partial charge in [-0.15, -0.1) is 11.3 Å². The summed E-state index contributed by atoms with van der Waals surface area (Å²) in [5.41, 5.74) is 10.9. The first-order valence-electron chi connectivity index (χ1n) is 20.1. The van der Waals surface area contributed by atoms with E-state index in [9.17, 15) is 0 Å². The van der Waals surface area contributed by atoms with Gasteiger partial charge in [-0.2, -0.15) is 0 Å². The van der Waals surface area contributed by atoms with Crippen LogP contribution in [0.25, 0.3) is 64.3 Å². The molecule has 9 aromatic rings. The molecule has 0 saturated carbocycles. The van der Waals surface area contributed by atoms with Gasteiger partial charge < -0.3 is 4.42 Å². The Labute approximate surface area is 340 Å². The van der Waals surface area contributed by atoms with Crippen LogP contribution in [-0.2, 0) is 17.3 Å². The van der Waals surface area contributed by atoms with Crippen molar-refractivity contribution in [3.63, 3.8) is 0 Å². The van der Waals surface area contributed by atoms with E-state index >= 15 is 0 Å². The third kappa shape index (κ3) is 6.76. The Morgan fingerprint density at radius 2 is 1.35 bits per heavy atom. The molecule has 0 aliphatic rings. The number of furan rings is 1. The third-order valence-corrected chi connectivity index (χ3v) is 12.4. The summed E-state index contributed by atoms with van der Waals surface area (Å²) in [4.78, 5) is 13.5. The molecule has 0 spiro atoms. The van der Waals surface area contributed by atoms with E-state index in [0.717, 1.165) is 73.2 Å². The molecule has 0 amide bonds. The summed E-state index contributed by atoms with van der Waals surface area (Å²) in [5, 5.41) is 5.67. The standard InChI is InChI=1S/C52H51N3OS/c1-31-23-43(55(37-20-12-11-13-21-37)44-29-36(52(8,9)10)28-40(53-44)34-18-16-19-35(26-34)51(5,6)7)54-47-39-27-33-17-14-15-22-38(33)48-45(39)46-41(56-48)24-32(30-50(2,3)4)25-42(46)57-49(31)47/h11-29H,30H2,1-10H3. The van der Waals surface area contributed by atoms with Gasteiger partial charge in [-0.25, -0.2) is 9.97 Å². The fourth-order valence-electron chi connectivity index (χ4n) is 8.23. The summed E-state index contributed by atoms with van der Waals surface area (Å²) in [6, 6.07) is 41.8. The van der Waals surface area contributed by atoms with Gasteiger partial charge in [0, 0.05) is 37.5 Å². The molecule has 0 radical (unpaired) electrons. The number of pyridine rings is 2. The van der Waals surface area contributed by atoms with Crippen LogP contribution in [0.4, 0.5) is 17.3 Å². The minimum Gasteiger partial charge on any atom is -0.455 e. The van der Waals surface area contributed by atoms with Crippen molar-refractivity contribution in [1.29, 1.82) is 0 Å². The van der Waals surface area contributed by atoms with Gasteiger partial charge in [0.25, 0.3) is 0 Å². The van der Waals surface area contributed by atoms with Crippen LogP contribution in [0.2, 0.25) is 0 Å². The summed E-state index contributed by atoms with van der Waals surface area (Å²) < 4.78 is 9.30. The number of para-hydroxylation sites is 1. The quantitative estimate of drug-likeness (QED) is 0.175. The maximum absolute atomic E-state index is 6.91. The smallest absolute Gasteiger partial charge is 0.143 e. The number of aryl methyl sites for hydroxylation is 1. The van der Waals surface area contributed by atoms with Gasteiger partial charge in [0.05, 0.1) is 15.9 Å². The van der Waals surface area contributed by atoms with Gasteiger partial charge in [0.2, 0.25) is 0 Å². The topological polar surface area (TPSA) is 42.2 Å². The Morgan fingerprint density at radius 3 is 2.09 bits per heavy atom. The number of nitrogens with zero attached hydrogens (tertiary/aromatic N) is 3. The Balaban J connectivity index is 1.36. The average molecular weight is 766 g/mol. The Kier molecular flexibility index (Phi) is 8.64. The number of anilines is 3. The minimum absolute atomic E-state index is 0.0143. The molecule has 0 bridgehead atoms. The maximum atomic E-state index is 6.91. The summed E-state index contributed by atoms with van der Waals surface area (Å²) in [6.45, 7) is 22.7. The van der Waals surface area contributed by atoms with Crippen molar-refractivity contribution in [1.82, 2.24) is 9.97 Å². The monoisotopic (exact) mass is 765 g/mol. The predicted octanol–water partition coefficient (Wildman–Crippen LogP) is 15.5. The van der Waals surface area contributed by atoms with Crippen LogP contribution in [0.3, 0.4) is 0 Å². The number of aromatic nitrogens is 2. The van der Waals surface area contributed by atoms with E-state index < -0.39 is 0 Å². The third-order valence-electron chi connectivity index (χ3n) is 11.1. The molecule has 286 valence electrons. The average Bonchev–Trinajstić information content (AvgIpc) is 3.48. The molecular weight excluding hydrogens is 715 g/mol. The van der Waals surface area contributed by atoms with Gasteiger partial charge in [0.1, 0.15) is 22.8 Å². The number of hydrogen-bond donors (Lipinski definition) is 0. The van der Waals surface area contributed by atoms with E-state index in [-0.39, 0.29) is 16.2 Å². The molecule has 5 heteroatoms. The van der Waals surface area contributed by atoms with Gasteiger partial charge in [-0.1, -0.05) is 123 Å². The predicted molar refractivity (Wildman–Crippen MR) is 245 cm³/mol. The van der Waals surface area contributed by atoms with Crippen molar-refractivity contribution in [2.45, 2.75) is 86.5 Å². The summed E-state index contributed by atoms with van der Waals surface area (Å²) >= 11 is 1.82. The van der Waals surface area contributed by atoms with Crippen LogP contribution in [0.1, 0.15) is 84.6 Å². The molecule has 0 aliphatic heterocycles. The molecule has 0 unspecified atom stereocenters. The van der Waals surface area contributed by atoms with E-state index in [0.29, 0.717) is 0 Å². The summed E-state index contributed by atoms with van der Waals surface area (Å²) in [5.74, 6) is 1.66. The molecule has 0 saturated heterocycles. The molecule has 0 fully saturated rings. The number of benzene rings is 5. The van der Waals surface area contributed by atoms with E-state index in [1.165, 1.54) is 37.0 Å². The van der Waals surface area contributed by atoms with Crippen LogP contribution in [-0.4, -0.2) is 9.97 Å². The lowest BCUT2D eigenvalue weighted by molar-refractivity contribution is 0.411. The molecule has 4 aromatic heterocycles. The highest BCUT2D eigenvalue weighted by Crippen LogP contribution is 2.47. The molecule has 0 aliphatic carbocycles. The SMILES string of the molecule is Cc1cc(N(c2ccccc2)c2cc(C(C)(C)C)cc(-c3cccc(C(C)(C)C)c3)n2)nc2c1sc1cc(CC(C)(C)C)cc3oc4c5ccccc5cc2c4c31. The van der Waals surface area contributed by atoms with Crippen molar-refractivity contribution in [2.75, 3.05) is 4.90 Å². The molecule has 9 rings (SSSR count). The highest BCUT2D eigenvalue weighted by molar-refractivity contribution is 7.24. The van der Waals surface area contributed by atoms with E-state index in [1.807, 2.05) is 11.3 Å². The number of fused-ring (bicyclic) bond motifs is 4. The first kappa shape index (κ1) is 37.1. The number of rotatable bonds is 5. The van der Waals surface area contributed by atoms with Crippen molar-refractivity contribution >= 4 is 81.7 Å². The summed E-state index contributed by atoms with van der Waals surface area (Å²) in [7, 11) is 0. The fraction of sp³-hybridized carbons (Fsp3) is 0.269. The van der Waals surface area contributed by atoms with Crippen LogP contribution < -0.4 is 4.90 Å². The lowest BCUT2D eigenvalue weighted by atomic mass is 9.84. The van der Waals surface area contributed by atoms with Crippen LogP contribution in [0.5, 0.6) is 0 Å². The second-order valence-corrected chi connectivity index (χ2v) is 20.1. The maximum Gasteiger partial charge on any atom is 0.143 e. The zero-order valence-electron chi connectivity index (χ0n) is 34.8. The van der Waals surface area contributed by atoms with E-state index in [2.05, 4.69) is 189 Å². The molecule has 57 heavy (non-hydrogen) atoms. The molecule has 0 atom stereocenters. The molecular formula is C52H51N3OS. The van der Waals surface area contributed by atoms with Gasteiger partial charge in [-0.3, -0.25) is 4.90 Å². The largest absolute Gasteiger partial charge is 0.455 e. The molecule has 4 nitrogen and oxygen atoms in total. The van der Waals surface area contributed by atoms with Gasteiger partial charge >= 0.3 is 0 Å².